The molecule has 7 nitrogen and oxygen atoms in total. The Labute approximate surface area is 187 Å². The number of carbonyl (C=O) groups excluding carboxylic acids is 1. The van der Waals surface area contributed by atoms with Gasteiger partial charge in [0.25, 0.3) is 0 Å². The Kier molecular flexibility index (Phi) is 6.77. The average Bonchev–Trinajstić information content (AvgIpc) is 3.16. The number of nitrogen functional groups attached to an aromatic ring is 1. The smallest absolute Gasteiger partial charge is 0.400 e. The van der Waals surface area contributed by atoms with Crippen LogP contribution in [0.2, 0.25) is 15.1 Å². The number of rotatable bonds is 6. The number of hydrogen-bond acceptors (Lipinski definition) is 6. The van der Waals surface area contributed by atoms with Gasteiger partial charge in [0.2, 0.25) is 5.76 Å². The molecule has 0 spiro atoms. The van der Waals surface area contributed by atoms with Gasteiger partial charge in [0.15, 0.2) is 11.6 Å². The van der Waals surface area contributed by atoms with Crippen LogP contribution in [0.15, 0.2) is 52.0 Å². The largest absolute Gasteiger partial charge is 0.483 e. The Bertz CT molecular complexity index is 1110. The zero-order valence-corrected chi connectivity index (χ0v) is 17.9. The molecule has 0 aliphatic heterocycles. The SMILES string of the molecule is Cc1c(N)cccc1/C(N)=N/OC(=O)c1ccc(COc2c(Cl)cc(Cl)cc2Cl)o1. The van der Waals surface area contributed by atoms with Crippen LogP contribution >= 0.6 is 34.8 Å². The Morgan fingerprint density at radius 2 is 1.83 bits per heavy atom. The van der Waals surface area contributed by atoms with Crippen LogP contribution in [0.1, 0.15) is 27.4 Å². The van der Waals surface area contributed by atoms with Crippen LogP contribution in [0.5, 0.6) is 5.75 Å². The van der Waals surface area contributed by atoms with E-state index in [0.717, 1.165) is 5.56 Å². The molecule has 30 heavy (non-hydrogen) atoms. The first-order valence-electron chi connectivity index (χ1n) is 8.52. The summed E-state index contributed by atoms with van der Waals surface area (Å²) in [4.78, 5) is 17.0. The number of amidine groups is 1. The number of carbonyl (C=O) groups is 1. The van der Waals surface area contributed by atoms with E-state index in [2.05, 4.69) is 5.16 Å². The van der Waals surface area contributed by atoms with Gasteiger partial charge in [-0.3, -0.25) is 0 Å². The van der Waals surface area contributed by atoms with Gasteiger partial charge in [-0.2, -0.15) is 0 Å². The number of halogens is 3. The molecule has 0 saturated heterocycles. The molecule has 0 amide bonds. The van der Waals surface area contributed by atoms with Gasteiger partial charge >= 0.3 is 5.97 Å². The average molecular weight is 469 g/mol. The van der Waals surface area contributed by atoms with E-state index in [4.69, 9.17) is 60.3 Å². The summed E-state index contributed by atoms with van der Waals surface area (Å²) in [6.45, 7) is 1.76. The summed E-state index contributed by atoms with van der Waals surface area (Å²) in [6.07, 6.45) is 0. The first-order chi connectivity index (χ1) is 14.3. The number of anilines is 1. The highest BCUT2D eigenvalue weighted by Crippen LogP contribution is 2.36. The fourth-order valence-corrected chi connectivity index (χ4v) is 3.42. The molecule has 0 aliphatic carbocycles. The third-order valence-electron chi connectivity index (χ3n) is 4.06. The minimum Gasteiger partial charge on any atom is -0.483 e. The summed E-state index contributed by atoms with van der Waals surface area (Å²) in [5, 5.41) is 4.54. The molecular formula is C20H16Cl3N3O4. The molecule has 1 heterocycles. The van der Waals surface area contributed by atoms with E-state index in [-0.39, 0.29) is 34.0 Å². The van der Waals surface area contributed by atoms with E-state index in [1.165, 1.54) is 18.2 Å². The standard InChI is InChI=1S/C20H16Cl3N3O4/c1-10-13(3-2-4-16(10)24)19(25)26-30-20(27)17-6-5-12(29-17)9-28-18-14(22)7-11(21)8-15(18)23/h2-8H,9,24H2,1H3,(H2,25,26). The second-order valence-corrected chi connectivity index (χ2v) is 7.38. The summed E-state index contributed by atoms with van der Waals surface area (Å²) in [6, 6.07) is 11.1. The third kappa shape index (κ3) is 4.99. The van der Waals surface area contributed by atoms with Gasteiger partial charge in [-0.1, -0.05) is 52.1 Å². The maximum absolute atomic E-state index is 12.2. The van der Waals surface area contributed by atoms with Crippen molar-refractivity contribution in [1.29, 1.82) is 0 Å². The predicted molar refractivity (Wildman–Crippen MR) is 116 cm³/mol. The van der Waals surface area contributed by atoms with Gasteiger partial charge in [0, 0.05) is 16.3 Å². The molecule has 2 aromatic carbocycles. The van der Waals surface area contributed by atoms with Crippen molar-refractivity contribution < 1.29 is 18.8 Å². The second-order valence-electron chi connectivity index (χ2n) is 6.13. The van der Waals surface area contributed by atoms with Crippen LogP contribution in [0.3, 0.4) is 0 Å². The number of nitrogens with two attached hydrogens (primary N) is 2. The maximum atomic E-state index is 12.2. The Balaban J connectivity index is 1.64. The van der Waals surface area contributed by atoms with Gasteiger partial charge < -0.3 is 25.5 Å². The molecule has 0 atom stereocenters. The van der Waals surface area contributed by atoms with Gasteiger partial charge in [-0.25, -0.2) is 4.79 Å². The molecule has 156 valence electrons. The van der Waals surface area contributed by atoms with Crippen molar-refractivity contribution in [3.63, 3.8) is 0 Å². The Morgan fingerprint density at radius 1 is 1.13 bits per heavy atom. The Morgan fingerprint density at radius 3 is 2.53 bits per heavy atom. The van der Waals surface area contributed by atoms with Crippen molar-refractivity contribution in [1.82, 2.24) is 0 Å². The molecule has 10 heteroatoms. The summed E-state index contributed by atoms with van der Waals surface area (Å²) in [5.74, 6) is -0.308. The fraction of sp³-hybridized carbons (Fsp3) is 0.100. The van der Waals surface area contributed by atoms with Crippen LogP contribution in [0, 0.1) is 6.92 Å². The highest BCUT2D eigenvalue weighted by atomic mass is 35.5. The topological polar surface area (TPSA) is 113 Å². The number of oxime groups is 1. The van der Waals surface area contributed by atoms with E-state index >= 15 is 0 Å². The minimum absolute atomic E-state index is 0.00952. The van der Waals surface area contributed by atoms with E-state index in [1.807, 2.05) is 0 Å². The normalized spacial score (nSPS) is 11.4. The van der Waals surface area contributed by atoms with Gasteiger partial charge in [0.05, 0.1) is 10.0 Å². The van der Waals surface area contributed by atoms with Gasteiger partial charge in [-0.05, 0) is 42.8 Å². The molecule has 0 bridgehead atoms. The minimum atomic E-state index is -0.826. The summed E-state index contributed by atoms with van der Waals surface area (Å²) in [7, 11) is 0. The monoisotopic (exact) mass is 467 g/mol. The summed E-state index contributed by atoms with van der Waals surface area (Å²) < 4.78 is 11.0. The molecule has 0 aliphatic rings. The highest BCUT2D eigenvalue weighted by Gasteiger charge is 2.16. The quantitative estimate of drug-likeness (QED) is 0.169. The van der Waals surface area contributed by atoms with Crippen LogP contribution in [-0.2, 0) is 11.4 Å². The molecule has 3 rings (SSSR count). The first-order valence-corrected chi connectivity index (χ1v) is 9.66. The van der Waals surface area contributed by atoms with Crippen LogP contribution < -0.4 is 16.2 Å². The van der Waals surface area contributed by atoms with Crippen molar-refractivity contribution >= 4 is 52.3 Å². The molecule has 0 saturated carbocycles. The molecule has 0 radical (unpaired) electrons. The molecule has 0 unspecified atom stereocenters. The predicted octanol–water partition coefficient (Wildman–Crippen LogP) is 5.19. The number of furan rings is 1. The second kappa shape index (κ2) is 9.30. The molecular weight excluding hydrogens is 453 g/mol. The van der Waals surface area contributed by atoms with Crippen molar-refractivity contribution in [2.24, 2.45) is 10.9 Å². The number of nitrogens with zero attached hydrogens (tertiary/aromatic N) is 1. The highest BCUT2D eigenvalue weighted by molar-refractivity contribution is 6.40. The summed E-state index contributed by atoms with van der Waals surface area (Å²) >= 11 is 18.0. The number of benzene rings is 2. The first kappa shape index (κ1) is 21.8. The van der Waals surface area contributed by atoms with E-state index in [1.54, 1.807) is 31.2 Å². The van der Waals surface area contributed by atoms with E-state index in [0.29, 0.717) is 22.0 Å². The lowest BCUT2D eigenvalue weighted by Crippen LogP contribution is -2.17. The van der Waals surface area contributed by atoms with E-state index in [9.17, 15) is 4.79 Å². The van der Waals surface area contributed by atoms with Crippen LogP contribution in [-0.4, -0.2) is 11.8 Å². The number of ether oxygens (including phenoxy) is 1. The van der Waals surface area contributed by atoms with Crippen molar-refractivity contribution in [3.8, 4) is 5.75 Å². The lowest BCUT2D eigenvalue weighted by molar-refractivity contribution is 0.0475. The van der Waals surface area contributed by atoms with Crippen molar-refractivity contribution in [2.75, 3.05) is 5.73 Å². The maximum Gasteiger partial charge on any atom is 0.400 e. The van der Waals surface area contributed by atoms with Crippen LogP contribution in [0.25, 0.3) is 0 Å². The lowest BCUT2D eigenvalue weighted by atomic mass is 10.1. The van der Waals surface area contributed by atoms with Crippen LogP contribution in [0.4, 0.5) is 5.69 Å². The third-order valence-corrected chi connectivity index (χ3v) is 4.84. The zero-order valence-electron chi connectivity index (χ0n) is 15.6. The van der Waals surface area contributed by atoms with Crippen molar-refractivity contribution in [3.05, 3.63) is 80.2 Å². The van der Waals surface area contributed by atoms with E-state index < -0.39 is 5.97 Å². The molecule has 1 aromatic heterocycles. The molecule has 0 fully saturated rings. The number of hydrogen-bond donors (Lipinski definition) is 2. The molecule has 4 N–H and O–H groups in total. The van der Waals surface area contributed by atoms with Gasteiger partial charge in [0.1, 0.15) is 12.4 Å². The Hall–Kier alpha value is -2.87. The molecule has 3 aromatic rings. The fourth-order valence-electron chi connectivity index (χ4n) is 2.49. The van der Waals surface area contributed by atoms with Crippen molar-refractivity contribution in [2.45, 2.75) is 13.5 Å². The summed E-state index contributed by atoms with van der Waals surface area (Å²) in [5.41, 5.74) is 13.6. The van der Waals surface area contributed by atoms with Gasteiger partial charge in [-0.15, -0.1) is 0 Å². The zero-order chi connectivity index (χ0) is 21.8. The lowest BCUT2D eigenvalue weighted by Gasteiger charge is -2.09.